The molecule has 5 heteroatoms. The van der Waals surface area contributed by atoms with Crippen LogP contribution in [0.25, 0.3) is 0 Å². The van der Waals surface area contributed by atoms with Crippen molar-refractivity contribution in [1.29, 1.82) is 0 Å². The van der Waals surface area contributed by atoms with E-state index < -0.39 is 4.92 Å². The van der Waals surface area contributed by atoms with Gasteiger partial charge in [0.15, 0.2) is 0 Å². The number of aliphatic hydroxyl groups is 1. The second-order valence-electron chi connectivity index (χ2n) is 4.02. The van der Waals surface area contributed by atoms with Crippen LogP contribution in [0, 0.1) is 10.1 Å². The number of hydrogen-bond donors (Lipinski definition) is 1. The average Bonchev–Trinajstić information content (AvgIpc) is 2.46. The summed E-state index contributed by atoms with van der Waals surface area (Å²) in [6.45, 7) is 0.332. The second kappa shape index (κ2) is 5.97. The van der Waals surface area contributed by atoms with Gasteiger partial charge in [-0.05, 0) is 17.2 Å². The summed E-state index contributed by atoms with van der Waals surface area (Å²) in [5, 5.41) is 19.5. The van der Waals surface area contributed by atoms with Crippen molar-refractivity contribution in [3.05, 3.63) is 69.8 Å². The Morgan fingerprint density at radius 3 is 2.42 bits per heavy atom. The Morgan fingerprint density at radius 2 is 1.79 bits per heavy atom. The molecule has 0 amide bonds. The molecule has 0 saturated heterocycles. The van der Waals surface area contributed by atoms with E-state index in [1.165, 1.54) is 12.1 Å². The second-order valence-corrected chi connectivity index (χ2v) is 4.02. The molecule has 0 bridgehead atoms. The van der Waals surface area contributed by atoms with Gasteiger partial charge in [0.05, 0.1) is 17.6 Å². The van der Waals surface area contributed by atoms with E-state index >= 15 is 0 Å². The molecule has 0 saturated carbocycles. The van der Waals surface area contributed by atoms with Gasteiger partial charge in [-0.25, -0.2) is 0 Å². The van der Waals surface area contributed by atoms with Gasteiger partial charge >= 0.3 is 0 Å². The van der Waals surface area contributed by atoms with Crippen LogP contribution < -0.4 is 4.74 Å². The van der Waals surface area contributed by atoms with Gasteiger partial charge in [-0.1, -0.05) is 30.3 Å². The quantitative estimate of drug-likeness (QED) is 0.661. The summed E-state index contributed by atoms with van der Waals surface area (Å²) in [6.07, 6.45) is 0. The number of nitrogens with zero attached hydrogens (tertiary/aromatic N) is 1. The predicted octanol–water partition coefficient (Wildman–Crippen LogP) is 2.67. The van der Waals surface area contributed by atoms with Crippen molar-refractivity contribution in [2.24, 2.45) is 0 Å². The van der Waals surface area contributed by atoms with Crippen LogP contribution in [0.1, 0.15) is 11.1 Å². The van der Waals surface area contributed by atoms with Crippen LogP contribution in [0.2, 0.25) is 0 Å². The predicted molar refractivity (Wildman–Crippen MR) is 69.8 cm³/mol. The summed E-state index contributed by atoms with van der Waals surface area (Å²) in [7, 11) is 0. The van der Waals surface area contributed by atoms with Crippen LogP contribution in [-0.2, 0) is 13.2 Å². The number of nitro benzene ring substituents is 1. The van der Waals surface area contributed by atoms with Crippen molar-refractivity contribution in [1.82, 2.24) is 0 Å². The van der Waals surface area contributed by atoms with Gasteiger partial charge in [0, 0.05) is 6.07 Å². The minimum Gasteiger partial charge on any atom is -0.489 e. The molecule has 5 nitrogen and oxygen atoms in total. The lowest BCUT2D eigenvalue weighted by molar-refractivity contribution is -0.384. The molecule has 1 N–H and O–H groups in total. The fourth-order valence-electron chi connectivity index (χ4n) is 1.59. The molecule has 98 valence electrons. The zero-order valence-corrected chi connectivity index (χ0v) is 10.2. The molecule has 0 unspecified atom stereocenters. The maximum Gasteiger partial charge on any atom is 0.273 e. The van der Waals surface area contributed by atoms with Gasteiger partial charge in [0.2, 0.25) is 0 Å². The number of nitro groups is 1. The molecule has 0 fully saturated rings. The summed E-state index contributed by atoms with van der Waals surface area (Å²) >= 11 is 0. The normalized spacial score (nSPS) is 10.2. The van der Waals surface area contributed by atoms with Gasteiger partial charge in [-0.15, -0.1) is 0 Å². The lowest BCUT2D eigenvalue weighted by atomic mass is 10.1. The lowest BCUT2D eigenvalue weighted by Gasteiger charge is -2.06. The molecule has 2 rings (SSSR count). The lowest BCUT2D eigenvalue weighted by Crippen LogP contribution is -1.96. The molecule has 0 heterocycles. The zero-order valence-electron chi connectivity index (χ0n) is 10.2. The number of benzene rings is 2. The first kappa shape index (κ1) is 13.0. The van der Waals surface area contributed by atoms with E-state index in [2.05, 4.69) is 0 Å². The molecule has 2 aromatic carbocycles. The number of hydrogen-bond acceptors (Lipinski definition) is 4. The third-order valence-corrected chi connectivity index (χ3v) is 2.64. The van der Waals surface area contributed by atoms with Crippen molar-refractivity contribution in [3.8, 4) is 5.75 Å². The number of rotatable bonds is 5. The van der Waals surface area contributed by atoms with Crippen LogP contribution >= 0.6 is 0 Å². The summed E-state index contributed by atoms with van der Waals surface area (Å²) < 4.78 is 5.49. The third kappa shape index (κ3) is 3.53. The minimum atomic E-state index is -0.455. The molecule has 0 aliphatic rings. The molecular weight excluding hydrogens is 246 g/mol. The molecule has 0 radical (unpaired) electrons. The van der Waals surface area contributed by atoms with Gasteiger partial charge in [-0.2, -0.15) is 0 Å². The van der Waals surface area contributed by atoms with Crippen molar-refractivity contribution in [2.45, 2.75) is 13.2 Å². The minimum absolute atomic E-state index is 0.00597. The van der Waals surface area contributed by atoms with E-state index in [0.29, 0.717) is 12.4 Å². The average molecular weight is 259 g/mol. The van der Waals surface area contributed by atoms with Crippen LogP contribution in [0.5, 0.6) is 5.75 Å². The Morgan fingerprint density at radius 1 is 1.11 bits per heavy atom. The summed E-state index contributed by atoms with van der Waals surface area (Å²) in [5.41, 5.74) is 1.77. The van der Waals surface area contributed by atoms with E-state index in [9.17, 15) is 10.1 Å². The van der Waals surface area contributed by atoms with E-state index in [0.717, 1.165) is 11.1 Å². The van der Waals surface area contributed by atoms with Gasteiger partial charge in [-0.3, -0.25) is 10.1 Å². The van der Waals surface area contributed by atoms with E-state index in [4.69, 9.17) is 9.84 Å². The number of non-ortho nitro benzene ring substituents is 1. The first-order valence-electron chi connectivity index (χ1n) is 5.75. The van der Waals surface area contributed by atoms with Crippen molar-refractivity contribution < 1.29 is 14.8 Å². The molecule has 0 atom stereocenters. The highest BCUT2D eigenvalue weighted by atomic mass is 16.6. The van der Waals surface area contributed by atoms with E-state index in [1.807, 2.05) is 24.3 Å². The smallest absolute Gasteiger partial charge is 0.273 e. The fourth-order valence-corrected chi connectivity index (χ4v) is 1.59. The molecule has 0 aliphatic heterocycles. The van der Waals surface area contributed by atoms with E-state index in [-0.39, 0.29) is 12.3 Å². The highest BCUT2D eigenvalue weighted by Gasteiger charge is 2.06. The van der Waals surface area contributed by atoms with E-state index in [1.54, 1.807) is 12.1 Å². The molecule has 19 heavy (non-hydrogen) atoms. The Labute approximate surface area is 110 Å². The van der Waals surface area contributed by atoms with Crippen LogP contribution in [-0.4, -0.2) is 10.0 Å². The Hall–Kier alpha value is -2.40. The Bertz CT molecular complexity index is 566. The first-order valence-corrected chi connectivity index (χ1v) is 5.75. The molecule has 2 aromatic rings. The highest BCUT2D eigenvalue weighted by molar-refractivity contribution is 5.38. The Balaban J connectivity index is 2.01. The molecule has 0 spiro atoms. The summed E-state index contributed by atoms with van der Waals surface area (Å²) in [6, 6.07) is 13.4. The van der Waals surface area contributed by atoms with Crippen molar-refractivity contribution in [3.63, 3.8) is 0 Å². The largest absolute Gasteiger partial charge is 0.489 e. The first-order chi connectivity index (χ1) is 9.19. The maximum absolute atomic E-state index is 10.6. The third-order valence-electron chi connectivity index (χ3n) is 2.64. The van der Waals surface area contributed by atoms with Crippen LogP contribution in [0.3, 0.4) is 0 Å². The summed E-state index contributed by atoms with van der Waals surface area (Å²) in [5.74, 6) is 0.459. The van der Waals surface area contributed by atoms with Crippen molar-refractivity contribution >= 4 is 5.69 Å². The molecule has 0 aromatic heterocycles. The number of ether oxygens (including phenoxy) is 1. The van der Waals surface area contributed by atoms with Gasteiger partial charge in [0.25, 0.3) is 5.69 Å². The van der Waals surface area contributed by atoms with Crippen LogP contribution in [0.4, 0.5) is 5.69 Å². The van der Waals surface area contributed by atoms with Gasteiger partial charge < -0.3 is 9.84 Å². The monoisotopic (exact) mass is 259 g/mol. The topological polar surface area (TPSA) is 72.6 Å². The standard InChI is InChI=1S/C14H13NO4/c16-9-11-4-6-12(7-5-11)10-19-14-3-1-2-13(8-14)15(17)18/h1-8,16H,9-10H2. The maximum atomic E-state index is 10.6. The van der Waals surface area contributed by atoms with Crippen molar-refractivity contribution in [2.75, 3.05) is 0 Å². The molecular formula is C14H13NO4. The fraction of sp³-hybridized carbons (Fsp3) is 0.143. The highest BCUT2D eigenvalue weighted by Crippen LogP contribution is 2.20. The SMILES string of the molecule is O=[N+]([O-])c1cccc(OCc2ccc(CO)cc2)c1. The summed E-state index contributed by atoms with van der Waals surface area (Å²) in [4.78, 5) is 10.2. The zero-order chi connectivity index (χ0) is 13.7. The number of aliphatic hydroxyl groups excluding tert-OH is 1. The molecule has 0 aliphatic carbocycles. The Kier molecular flexibility index (Phi) is 4.10. The van der Waals surface area contributed by atoms with Gasteiger partial charge in [0.1, 0.15) is 12.4 Å². The van der Waals surface area contributed by atoms with Crippen LogP contribution in [0.15, 0.2) is 48.5 Å².